The molecule has 2 aromatic carbocycles. The van der Waals surface area contributed by atoms with Crippen LogP contribution >= 0.6 is 0 Å². The summed E-state index contributed by atoms with van der Waals surface area (Å²) in [5, 5.41) is 0. The molecule has 6 heteroatoms. The van der Waals surface area contributed by atoms with Gasteiger partial charge in [0.1, 0.15) is 17.2 Å². The Morgan fingerprint density at radius 1 is 1.00 bits per heavy atom. The zero-order valence-electron chi connectivity index (χ0n) is 13.2. The second kappa shape index (κ2) is 6.16. The molecule has 0 aromatic heterocycles. The first-order valence-corrected chi connectivity index (χ1v) is 7.27. The third-order valence-corrected chi connectivity index (χ3v) is 3.41. The van der Waals surface area contributed by atoms with Crippen LogP contribution in [0.25, 0.3) is 0 Å². The van der Waals surface area contributed by atoms with Crippen molar-refractivity contribution in [3.8, 4) is 11.5 Å². The zero-order chi connectivity index (χ0) is 17.2. The van der Waals surface area contributed by atoms with Gasteiger partial charge in [0.15, 0.2) is 0 Å². The second-order valence-corrected chi connectivity index (χ2v) is 5.10. The van der Waals surface area contributed by atoms with E-state index < -0.39 is 17.7 Å². The van der Waals surface area contributed by atoms with Gasteiger partial charge in [0.25, 0.3) is 0 Å². The number of ether oxygens (including phenoxy) is 3. The first-order valence-electron chi connectivity index (χ1n) is 7.27. The van der Waals surface area contributed by atoms with Gasteiger partial charge in [0.05, 0.1) is 7.11 Å². The molecule has 0 spiro atoms. The van der Waals surface area contributed by atoms with E-state index in [9.17, 15) is 9.59 Å². The van der Waals surface area contributed by atoms with Gasteiger partial charge in [-0.2, -0.15) is 0 Å². The number of para-hydroxylation sites is 2. The highest BCUT2D eigenvalue weighted by atomic mass is 16.6. The average Bonchev–Trinajstić information content (AvgIpc) is 3.30. The molecule has 0 saturated carbocycles. The number of carbonyl (C=O) groups excluding carboxylic acids is 2. The van der Waals surface area contributed by atoms with E-state index in [1.807, 2.05) is 6.07 Å². The average molecular weight is 325 g/mol. The Morgan fingerprint density at radius 3 is 2.33 bits per heavy atom. The number of nitrogens with zero attached hydrogens (tertiary/aromatic N) is 1. The molecule has 1 aliphatic heterocycles. The van der Waals surface area contributed by atoms with E-state index in [0.717, 1.165) is 0 Å². The van der Waals surface area contributed by atoms with E-state index in [0.29, 0.717) is 22.8 Å². The van der Waals surface area contributed by atoms with Crippen LogP contribution in [0.15, 0.2) is 59.6 Å². The lowest BCUT2D eigenvalue weighted by Gasteiger charge is -2.16. The van der Waals surface area contributed by atoms with Crippen LogP contribution in [0.1, 0.15) is 12.5 Å². The molecule has 0 saturated heterocycles. The van der Waals surface area contributed by atoms with E-state index in [2.05, 4.69) is 4.99 Å². The zero-order valence-corrected chi connectivity index (χ0v) is 13.2. The summed E-state index contributed by atoms with van der Waals surface area (Å²) < 4.78 is 15.8. The minimum atomic E-state index is -1.55. The fourth-order valence-corrected chi connectivity index (χ4v) is 2.33. The summed E-state index contributed by atoms with van der Waals surface area (Å²) in [6.45, 7) is 1.31. The Balaban J connectivity index is 1.93. The van der Waals surface area contributed by atoms with Crippen LogP contribution in [0.5, 0.6) is 11.5 Å². The summed E-state index contributed by atoms with van der Waals surface area (Å²) in [5.41, 5.74) is -0.684. The maximum absolute atomic E-state index is 12.2. The van der Waals surface area contributed by atoms with Gasteiger partial charge in [-0.25, -0.2) is 9.79 Å². The van der Waals surface area contributed by atoms with Gasteiger partial charge in [-0.05, 0) is 24.3 Å². The Hall–Kier alpha value is -3.15. The van der Waals surface area contributed by atoms with Gasteiger partial charge in [-0.3, -0.25) is 4.79 Å². The summed E-state index contributed by atoms with van der Waals surface area (Å²) >= 11 is 0. The van der Waals surface area contributed by atoms with Crippen molar-refractivity contribution in [1.29, 1.82) is 0 Å². The third-order valence-electron chi connectivity index (χ3n) is 3.41. The van der Waals surface area contributed by atoms with Crippen LogP contribution in [0.3, 0.4) is 0 Å². The molecular formula is C18H15NO5. The van der Waals surface area contributed by atoms with E-state index in [1.54, 1.807) is 48.5 Å². The van der Waals surface area contributed by atoms with Crippen molar-refractivity contribution in [2.24, 2.45) is 4.99 Å². The molecule has 0 aliphatic carbocycles. The molecule has 0 fully saturated rings. The summed E-state index contributed by atoms with van der Waals surface area (Å²) in [6.07, 6.45) is 0. The molecule has 1 atom stereocenters. The molecule has 24 heavy (non-hydrogen) atoms. The van der Waals surface area contributed by atoms with Crippen LogP contribution in [0.2, 0.25) is 0 Å². The maximum Gasteiger partial charge on any atom is 0.381 e. The molecule has 6 nitrogen and oxygen atoms in total. The van der Waals surface area contributed by atoms with Crippen molar-refractivity contribution in [3.63, 3.8) is 0 Å². The normalized spacial score (nSPS) is 18.3. The Labute approximate surface area is 138 Å². The van der Waals surface area contributed by atoms with E-state index in [4.69, 9.17) is 14.2 Å². The molecular weight excluding hydrogens is 310 g/mol. The minimum Gasteiger partial charge on any atom is -0.464 e. The van der Waals surface area contributed by atoms with Crippen molar-refractivity contribution in [2.75, 3.05) is 7.11 Å². The smallest absolute Gasteiger partial charge is 0.381 e. The van der Waals surface area contributed by atoms with Crippen molar-refractivity contribution in [1.82, 2.24) is 0 Å². The Kier molecular flexibility index (Phi) is 4.04. The highest BCUT2D eigenvalue weighted by Crippen LogP contribution is 2.39. The number of benzene rings is 2. The van der Waals surface area contributed by atoms with E-state index in [-0.39, 0.29) is 0 Å². The van der Waals surface area contributed by atoms with Gasteiger partial charge in [-0.15, -0.1) is 0 Å². The number of rotatable bonds is 5. The molecule has 1 heterocycles. The summed E-state index contributed by atoms with van der Waals surface area (Å²) in [4.78, 5) is 27.7. The monoisotopic (exact) mass is 325 g/mol. The van der Waals surface area contributed by atoms with Crippen LogP contribution in [-0.4, -0.2) is 30.5 Å². The lowest BCUT2D eigenvalue weighted by Crippen LogP contribution is -2.38. The van der Waals surface area contributed by atoms with Crippen LogP contribution in [0, 0.1) is 0 Å². The lowest BCUT2D eigenvalue weighted by atomic mass is 10.1. The number of methoxy groups -OCH3 is 1. The maximum atomic E-state index is 12.2. The molecule has 122 valence electrons. The summed E-state index contributed by atoms with van der Waals surface area (Å²) in [7, 11) is 1.27. The number of esters is 2. The first kappa shape index (κ1) is 15.7. The van der Waals surface area contributed by atoms with Crippen molar-refractivity contribution >= 4 is 17.7 Å². The van der Waals surface area contributed by atoms with Crippen molar-refractivity contribution in [3.05, 3.63) is 60.2 Å². The van der Waals surface area contributed by atoms with Crippen molar-refractivity contribution in [2.45, 2.75) is 12.6 Å². The largest absolute Gasteiger partial charge is 0.464 e. The Bertz CT molecular complexity index is 815. The lowest BCUT2D eigenvalue weighted by molar-refractivity contribution is -0.150. The predicted molar refractivity (Wildman–Crippen MR) is 86.1 cm³/mol. The molecule has 0 amide bonds. The fraction of sp³-hybridized carbons (Fsp3) is 0.167. The molecule has 0 N–H and O–H groups in total. The molecule has 3 rings (SSSR count). The van der Waals surface area contributed by atoms with Crippen LogP contribution in [-0.2, 0) is 14.3 Å². The predicted octanol–water partition coefficient (Wildman–Crippen LogP) is 2.36. The minimum absolute atomic E-state index is 0.311. The number of carbonyl (C=O) groups is 2. The summed E-state index contributed by atoms with van der Waals surface area (Å²) in [5.74, 6) is -0.312. The number of hydrogen-bond acceptors (Lipinski definition) is 6. The van der Waals surface area contributed by atoms with Gasteiger partial charge in [0, 0.05) is 12.5 Å². The van der Waals surface area contributed by atoms with E-state index in [1.165, 1.54) is 14.0 Å². The van der Waals surface area contributed by atoms with Crippen molar-refractivity contribution < 1.29 is 23.8 Å². The topological polar surface area (TPSA) is 74.2 Å². The van der Waals surface area contributed by atoms with Crippen LogP contribution < -0.4 is 9.47 Å². The quantitative estimate of drug-likeness (QED) is 0.623. The second-order valence-electron chi connectivity index (χ2n) is 5.10. The van der Waals surface area contributed by atoms with Gasteiger partial charge in [-0.1, -0.05) is 30.3 Å². The summed E-state index contributed by atoms with van der Waals surface area (Å²) in [6, 6.07) is 15.7. The van der Waals surface area contributed by atoms with E-state index >= 15 is 0 Å². The Morgan fingerprint density at radius 2 is 1.67 bits per heavy atom. The molecule has 1 unspecified atom stereocenters. The molecule has 0 bridgehead atoms. The van der Waals surface area contributed by atoms with Gasteiger partial charge in [0.2, 0.25) is 0 Å². The van der Waals surface area contributed by atoms with Gasteiger partial charge >= 0.3 is 17.7 Å². The number of aliphatic imine (C=N–C) groups is 1. The standard InChI is InChI=1S/C18H15NO5/c1-12(20)23-15-11-7-6-10-14(15)16-18(19-16,17(21)22-2)24-13-8-4-3-5-9-13/h3-11H,1-2H3. The molecule has 0 radical (unpaired) electrons. The first-order chi connectivity index (χ1) is 11.6. The number of hydrogen-bond donors (Lipinski definition) is 0. The third kappa shape index (κ3) is 2.86. The SMILES string of the molecule is COC(=O)C1(Oc2ccccc2)N=C1c1ccccc1OC(C)=O. The molecule has 1 aliphatic rings. The van der Waals surface area contributed by atoms with Gasteiger partial charge < -0.3 is 14.2 Å². The highest BCUT2D eigenvalue weighted by Gasteiger charge is 2.60. The fourth-order valence-electron chi connectivity index (χ4n) is 2.33. The molecule has 2 aromatic rings. The van der Waals surface area contributed by atoms with Crippen LogP contribution in [0.4, 0.5) is 0 Å². The highest BCUT2D eigenvalue weighted by molar-refractivity contribution is 6.28.